The van der Waals surface area contributed by atoms with Gasteiger partial charge in [-0.3, -0.25) is 4.79 Å². The molecule has 0 spiro atoms. The lowest BCUT2D eigenvalue weighted by molar-refractivity contribution is -0.134. The Bertz CT molecular complexity index is 405. The molecule has 102 valence electrons. The van der Waals surface area contributed by atoms with Crippen molar-refractivity contribution in [1.29, 1.82) is 0 Å². The molecule has 0 aromatic carbocycles. The summed E-state index contributed by atoms with van der Waals surface area (Å²) in [6.07, 6.45) is 1.32. The van der Waals surface area contributed by atoms with Crippen molar-refractivity contribution >= 4 is 5.78 Å². The fraction of sp³-hybridized carbons (Fsp3) is 0.769. The molecule has 0 aliphatic rings. The van der Waals surface area contributed by atoms with Crippen molar-refractivity contribution in [3.05, 3.63) is 12.2 Å². The van der Waals surface area contributed by atoms with Gasteiger partial charge in [-0.25, -0.2) is 9.67 Å². The predicted octanol–water partition coefficient (Wildman–Crippen LogP) is 2.03. The summed E-state index contributed by atoms with van der Waals surface area (Å²) in [4.78, 5) is 16.4. The number of carbonyl (C=O) groups is 1. The zero-order chi connectivity index (χ0) is 13.9. The third-order valence-electron chi connectivity index (χ3n) is 2.78. The summed E-state index contributed by atoms with van der Waals surface area (Å²) in [6.45, 7) is 10.0. The van der Waals surface area contributed by atoms with Gasteiger partial charge in [0.15, 0.2) is 5.78 Å². The van der Waals surface area contributed by atoms with Crippen molar-refractivity contribution in [3.63, 3.8) is 0 Å². The second kappa shape index (κ2) is 5.61. The standard InChI is InChI=1S/C13H23N3O2/c1-9(2)16-11(14-8-15-16)7-10(17)12(18-6)13(3,4)5/h8-9,12H,7H2,1-6H3. The largest absolute Gasteiger partial charge is 0.373 e. The van der Waals surface area contributed by atoms with Gasteiger partial charge >= 0.3 is 0 Å². The SMILES string of the molecule is COC(C(=O)Cc1ncnn1C(C)C)C(C)(C)C. The summed E-state index contributed by atoms with van der Waals surface area (Å²) in [5.41, 5.74) is -0.214. The average Bonchev–Trinajstić information content (AvgIpc) is 2.64. The lowest BCUT2D eigenvalue weighted by Crippen LogP contribution is -2.37. The van der Waals surface area contributed by atoms with Crippen LogP contribution in [0.15, 0.2) is 6.33 Å². The van der Waals surface area contributed by atoms with Crippen LogP contribution in [0.25, 0.3) is 0 Å². The number of hydrogen-bond donors (Lipinski definition) is 0. The molecule has 1 atom stereocenters. The molecule has 0 N–H and O–H groups in total. The van der Waals surface area contributed by atoms with Crippen molar-refractivity contribution in [2.24, 2.45) is 5.41 Å². The summed E-state index contributed by atoms with van der Waals surface area (Å²) in [7, 11) is 1.57. The molecule has 0 bridgehead atoms. The molecule has 1 aromatic rings. The van der Waals surface area contributed by atoms with E-state index in [1.54, 1.807) is 11.8 Å². The average molecular weight is 253 g/mol. The summed E-state index contributed by atoms with van der Waals surface area (Å²) in [5.74, 6) is 0.737. The molecule has 1 heterocycles. The lowest BCUT2D eigenvalue weighted by Gasteiger charge is -2.28. The Morgan fingerprint density at radius 3 is 2.50 bits per heavy atom. The third-order valence-corrected chi connectivity index (χ3v) is 2.78. The number of ether oxygens (including phenoxy) is 1. The molecule has 1 unspecified atom stereocenters. The van der Waals surface area contributed by atoms with Gasteiger partial charge in [0.25, 0.3) is 0 Å². The molecule has 1 aromatic heterocycles. The Morgan fingerprint density at radius 1 is 1.44 bits per heavy atom. The second-order valence-corrected chi connectivity index (χ2v) is 5.84. The Hall–Kier alpha value is -1.23. The minimum atomic E-state index is -0.421. The first-order valence-electron chi connectivity index (χ1n) is 6.21. The first kappa shape index (κ1) is 14.8. The van der Waals surface area contributed by atoms with Gasteiger partial charge < -0.3 is 4.74 Å². The van der Waals surface area contributed by atoms with Crippen LogP contribution in [0.4, 0.5) is 0 Å². The molecule has 5 nitrogen and oxygen atoms in total. The number of nitrogens with zero attached hydrogens (tertiary/aromatic N) is 3. The van der Waals surface area contributed by atoms with E-state index >= 15 is 0 Å². The van der Waals surface area contributed by atoms with Crippen molar-refractivity contribution in [2.45, 2.75) is 53.2 Å². The Kier molecular flexibility index (Phi) is 4.62. The van der Waals surface area contributed by atoms with Crippen LogP contribution in [0, 0.1) is 5.41 Å². The lowest BCUT2D eigenvalue weighted by atomic mass is 9.85. The highest BCUT2D eigenvalue weighted by molar-refractivity contribution is 5.85. The molecule has 0 aliphatic heterocycles. The van der Waals surface area contributed by atoms with E-state index in [1.807, 2.05) is 34.6 Å². The maximum absolute atomic E-state index is 12.3. The fourth-order valence-corrected chi connectivity index (χ4v) is 2.05. The van der Waals surface area contributed by atoms with Gasteiger partial charge in [0.1, 0.15) is 18.3 Å². The minimum absolute atomic E-state index is 0.0416. The molecular formula is C13H23N3O2. The molecule has 1 rings (SSSR count). The molecule has 0 amide bonds. The van der Waals surface area contributed by atoms with Gasteiger partial charge in [0.2, 0.25) is 0 Å². The van der Waals surface area contributed by atoms with Gasteiger partial charge in [-0.15, -0.1) is 0 Å². The molecule has 0 fully saturated rings. The molecular weight excluding hydrogens is 230 g/mol. The zero-order valence-electron chi connectivity index (χ0n) is 12.1. The zero-order valence-corrected chi connectivity index (χ0v) is 12.1. The highest BCUT2D eigenvalue weighted by Crippen LogP contribution is 2.23. The highest BCUT2D eigenvalue weighted by Gasteiger charge is 2.31. The van der Waals surface area contributed by atoms with E-state index in [0.717, 1.165) is 0 Å². The quantitative estimate of drug-likeness (QED) is 0.805. The maximum atomic E-state index is 12.3. The molecule has 0 radical (unpaired) electrons. The number of methoxy groups -OCH3 is 1. The predicted molar refractivity (Wildman–Crippen MR) is 69.4 cm³/mol. The fourth-order valence-electron chi connectivity index (χ4n) is 2.05. The first-order chi connectivity index (χ1) is 8.27. The number of rotatable bonds is 5. The van der Waals surface area contributed by atoms with E-state index in [1.165, 1.54) is 6.33 Å². The van der Waals surface area contributed by atoms with Gasteiger partial charge in [0, 0.05) is 13.2 Å². The van der Waals surface area contributed by atoms with Crippen molar-refractivity contribution in [3.8, 4) is 0 Å². The number of hydrogen-bond acceptors (Lipinski definition) is 4. The van der Waals surface area contributed by atoms with Gasteiger partial charge in [-0.1, -0.05) is 20.8 Å². The van der Waals surface area contributed by atoms with Crippen LogP contribution in [-0.4, -0.2) is 33.8 Å². The molecule has 0 aliphatic carbocycles. The summed E-state index contributed by atoms with van der Waals surface area (Å²) in [6, 6.07) is 0.200. The van der Waals surface area contributed by atoms with E-state index < -0.39 is 6.10 Å². The smallest absolute Gasteiger partial charge is 0.169 e. The van der Waals surface area contributed by atoms with Crippen LogP contribution in [0.2, 0.25) is 0 Å². The van der Waals surface area contributed by atoms with E-state index in [2.05, 4.69) is 10.1 Å². The van der Waals surface area contributed by atoms with Crippen LogP contribution >= 0.6 is 0 Å². The van der Waals surface area contributed by atoms with Crippen LogP contribution in [0.1, 0.15) is 46.5 Å². The van der Waals surface area contributed by atoms with Crippen LogP contribution in [0.5, 0.6) is 0 Å². The van der Waals surface area contributed by atoms with E-state index in [0.29, 0.717) is 5.82 Å². The van der Waals surface area contributed by atoms with Crippen LogP contribution in [-0.2, 0) is 16.0 Å². The molecule has 5 heteroatoms. The third kappa shape index (κ3) is 3.38. The molecule has 0 saturated heterocycles. The van der Waals surface area contributed by atoms with E-state index in [9.17, 15) is 4.79 Å². The van der Waals surface area contributed by atoms with Crippen molar-refractivity contribution < 1.29 is 9.53 Å². The highest BCUT2D eigenvalue weighted by atomic mass is 16.5. The Labute approximate surface area is 109 Å². The first-order valence-corrected chi connectivity index (χ1v) is 6.21. The topological polar surface area (TPSA) is 57.0 Å². The van der Waals surface area contributed by atoms with E-state index in [-0.39, 0.29) is 23.7 Å². The molecule has 0 saturated carbocycles. The van der Waals surface area contributed by atoms with Gasteiger partial charge in [-0.05, 0) is 19.3 Å². The van der Waals surface area contributed by atoms with Crippen LogP contribution < -0.4 is 0 Å². The Balaban J connectivity index is 2.84. The normalized spacial score (nSPS) is 13.9. The summed E-state index contributed by atoms with van der Waals surface area (Å²) < 4.78 is 7.09. The monoisotopic (exact) mass is 253 g/mol. The summed E-state index contributed by atoms with van der Waals surface area (Å²) >= 11 is 0. The van der Waals surface area contributed by atoms with Crippen molar-refractivity contribution in [1.82, 2.24) is 14.8 Å². The number of carbonyl (C=O) groups excluding carboxylic acids is 1. The van der Waals surface area contributed by atoms with Crippen molar-refractivity contribution in [2.75, 3.05) is 7.11 Å². The Morgan fingerprint density at radius 2 is 2.06 bits per heavy atom. The number of ketones is 1. The van der Waals surface area contributed by atoms with Gasteiger partial charge in [-0.2, -0.15) is 5.10 Å². The van der Waals surface area contributed by atoms with Gasteiger partial charge in [0.05, 0.1) is 6.42 Å². The van der Waals surface area contributed by atoms with Crippen LogP contribution in [0.3, 0.4) is 0 Å². The number of aromatic nitrogens is 3. The summed E-state index contributed by atoms with van der Waals surface area (Å²) in [5, 5.41) is 4.13. The maximum Gasteiger partial charge on any atom is 0.169 e. The second-order valence-electron chi connectivity index (χ2n) is 5.84. The van der Waals surface area contributed by atoms with E-state index in [4.69, 9.17) is 4.74 Å². The minimum Gasteiger partial charge on any atom is -0.373 e. The number of Topliss-reactive ketones (excluding diaryl/α,β-unsaturated/α-hetero) is 1. The molecule has 18 heavy (non-hydrogen) atoms.